The van der Waals surface area contributed by atoms with E-state index in [0.717, 1.165) is 6.54 Å². The smallest absolute Gasteiger partial charge is 0.217 e. The Hall–Kier alpha value is -0.290. The maximum atomic E-state index is 9.47. The molecule has 0 aromatic rings. The van der Waals surface area contributed by atoms with Crippen LogP contribution in [0.3, 0.4) is 0 Å². The number of aliphatic hydroxyl groups excluding tert-OH is 3. The van der Waals surface area contributed by atoms with Crippen LogP contribution in [-0.4, -0.2) is 83.9 Å². The quantitative estimate of drug-likeness (QED) is 0.291. The molecule has 22 heavy (non-hydrogen) atoms. The topological polar surface area (TPSA) is 127 Å². The van der Waals surface area contributed by atoms with Gasteiger partial charge in [0.2, 0.25) is 10.4 Å². The van der Waals surface area contributed by atoms with Crippen LogP contribution in [0, 0.1) is 0 Å². The van der Waals surface area contributed by atoms with Gasteiger partial charge in [0.1, 0.15) is 37.9 Å². The second-order valence-electron chi connectivity index (χ2n) is 5.57. The van der Waals surface area contributed by atoms with E-state index in [4.69, 9.17) is 0 Å². The zero-order chi connectivity index (χ0) is 18.0. The van der Waals surface area contributed by atoms with Gasteiger partial charge in [0.05, 0.1) is 13.2 Å². The molecule has 0 spiro atoms. The Kier molecular flexibility index (Phi) is 12.3. The lowest BCUT2D eigenvalue weighted by Crippen LogP contribution is -2.57. The fourth-order valence-corrected chi connectivity index (χ4v) is 2.73. The Balaban J connectivity index is 0. The zero-order valence-corrected chi connectivity index (χ0v) is 14.9. The average Bonchev–Trinajstić information content (AvgIpc) is 2.24. The first kappa shape index (κ1) is 24.0. The van der Waals surface area contributed by atoms with Crippen molar-refractivity contribution in [2.24, 2.45) is 0 Å². The first-order chi connectivity index (χ1) is 9.87. The van der Waals surface area contributed by atoms with Crippen molar-refractivity contribution in [2.45, 2.75) is 52.9 Å². The average molecular weight is 345 g/mol. The number of rotatable bonds is 9. The summed E-state index contributed by atoms with van der Waals surface area (Å²) < 4.78 is 32.6. The molecule has 0 bridgehead atoms. The molecule has 0 saturated carbocycles. The van der Waals surface area contributed by atoms with Crippen molar-refractivity contribution in [3.8, 4) is 0 Å². The van der Waals surface area contributed by atoms with E-state index in [1.165, 1.54) is 6.92 Å². The summed E-state index contributed by atoms with van der Waals surface area (Å²) in [5.41, 5.74) is 0. The van der Waals surface area contributed by atoms with Crippen molar-refractivity contribution in [3.63, 3.8) is 0 Å². The molecule has 0 amide bonds. The summed E-state index contributed by atoms with van der Waals surface area (Å²) in [6.07, 6.45) is -1.24. The fourth-order valence-electron chi connectivity index (χ4n) is 2.44. The van der Waals surface area contributed by atoms with E-state index in [9.17, 15) is 28.3 Å². The van der Waals surface area contributed by atoms with Crippen LogP contribution in [-0.2, 0) is 14.6 Å². The van der Waals surface area contributed by atoms with Crippen molar-refractivity contribution in [3.05, 3.63) is 0 Å². The first-order valence-corrected chi connectivity index (χ1v) is 8.70. The molecule has 0 aliphatic rings. The van der Waals surface area contributed by atoms with E-state index >= 15 is 0 Å². The fraction of sp³-hybridized carbons (Fsp3) is 1.00. The highest BCUT2D eigenvalue weighted by Crippen LogP contribution is 2.11. The van der Waals surface area contributed by atoms with Gasteiger partial charge in [-0.05, 0) is 34.6 Å². The number of likely N-dealkylation sites (N-methyl/N-ethyl adjacent to an activating group) is 1. The van der Waals surface area contributed by atoms with Gasteiger partial charge in [-0.2, -0.15) is 0 Å². The first-order valence-electron chi connectivity index (χ1n) is 7.37. The van der Waals surface area contributed by atoms with Crippen LogP contribution < -0.4 is 0 Å². The van der Waals surface area contributed by atoms with Crippen LogP contribution in [0.4, 0.5) is 0 Å². The lowest BCUT2D eigenvalue weighted by molar-refractivity contribution is -0.934. The second kappa shape index (κ2) is 11.3. The van der Waals surface area contributed by atoms with Crippen molar-refractivity contribution in [2.75, 3.05) is 32.8 Å². The maximum Gasteiger partial charge on any atom is 0.217 e. The van der Waals surface area contributed by atoms with Crippen molar-refractivity contribution < 1.29 is 37.0 Å². The molecule has 9 heteroatoms. The van der Waals surface area contributed by atoms with Crippen LogP contribution >= 0.6 is 0 Å². The Morgan fingerprint density at radius 3 is 1.36 bits per heavy atom. The maximum absolute atomic E-state index is 9.47. The zero-order valence-electron chi connectivity index (χ0n) is 14.1. The Bertz CT molecular complexity index is 342. The second-order valence-corrected chi connectivity index (χ2v) is 6.62. The van der Waals surface area contributed by atoms with Gasteiger partial charge in [-0.1, -0.05) is 0 Å². The molecule has 3 N–H and O–H groups in total. The molecule has 3 unspecified atom stereocenters. The summed E-state index contributed by atoms with van der Waals surface area (Å²) in [6, 6.07) is 0. The molecule has 0 aromatic carbocycles. The molecule has 3 atom stereocenters. The molecule has 0 saturated heterocycles. The van der Waals surface area contributed by atoms with Crippen LogP contribution in [0.2, 0.25) is 0 Å². The van der Waals surface area contributed by atoms with Crippen LogP contribution in [0.25, 0.3) is 0 Å². The standard InChI is InChI=1S/C11H26NO3.C2H6O4S/c1-5-12(6-9(2)13,7-10(3)14)8-11(4)15;1-2-6-7(3,4)5/h9-11,13-15H,5-8H2,1-4H3;2H2,1H3,(H,3,4,5)/q+1;/p-1. The van der Waals surface area contributed by atoms with Gasteiger partial charge in [0, 0.05) is 0 Å². The van der Waals surface area contributed by atoms with Gasteiger partial charge < -0.3 is 24.4 Å². The molecule has 0 aliphatic carbocycles. The van der Waals surface area contributed by atoms with E-state index in [1.54, 1.807) is 20.8 Å². The minimum Gasteiger partial charge on any atom is -0.726 e. The SMILES string of the molecule is CCOS(=O)(=O)[O-].CC[N+](CC(C)O)(CC(C)O)CC(C)O. The molecular weight excluding hydrogens is 314 g/mol. The molecule has 0 aromatic heterocycles. The summed E-state index contributed by atoms with van der Waals surface area (Å²) in [5.74, 6) is 0. The lowest BCUT2D eigenvalue weighted by atomic mass is 10.2. The molecule has 0 aliphatic heterocycles. The summed E-state index contributed by atoms with van der Waals surface area (Å²) in [6.45, 7) is 11.1. The summed E-state index contributed by atoms with van der Waals surface area (Å²) in [5, 5.41) is 28.4. The molecule has 8 nitrogen and oxygen atoms in total. The molecule has 0 rings (SSSR count). The molecule has 0 radical (unpaired) electrons. The minimum atomic E-state index is -4.42. The monoisotopic (exact) mass is 345 g/mol. The predicted octanol–water partition coefficient (Wildman–Crippen LogP) is -0.551. The molecule has 0 fully saturated rings. The summed E-state index contributed by atoms with van der Waals surface area (Å²) in [4.78, 5) is 0. The third kappa shape index (κ3) is 14.6. The highest BCUT2D eigenvalue weighted by atomic mass is 32.3. The number of hydrogen-bond acceptors (Lipinski definition) is 7. The predicted molar refractivity (Wildman–Crippen MR) is 81.8 cm³/mol. The van der Waals surface area contributed by atoms with Crippen molar-refractivity contribution >= 4 is 10.4 Å². The third-order valence-corrected chi connectivity index (χ3v) is 3.41. The van der Waals surface area contributed by atoms with Gasteiger partial charge in [0.15, 0.2) is 0 Å². The van der Waals surface area contributed by atoms with Gasteiger partial charge in [-0.3, -0.25) is 4.18 Å². The normalized spacial score (nSPS) is 18.6. The number of quaternary nitrogens is 1. The van der Waals surface area contributed by atoms with Crippen molar-refractivity contribution in [1.29, 1.82) is 0 Å². The van der Waals surface area contributed by atoms with E-state index in [1.807, 2.05) is 6.92 Å². The lowest BCUT2D eigenvalue weighted by Gasteiger charge is -2.40. The van der Waals surface area contributed by atoms with E-state index < -0.39 is 28.7 Å². The Morgan fingerprint density at radius 1 is 0.955 bits per heavy atom. The van der Waals surface area contributed by atoms with Crippen LogP contribution in [0.15, 0.2) is 0 Å². The van der Waals surface area contributed by atoms with Gasteiger partial charge in [-0.25, -0.2) is 8.42 Å². The Labute approximate surface area is 133 Å². The third-order valence-electron chi connectivity index (χ3n) is 2.89. The van der Waals surface area contributed by atoms with Crippen molar-refractivity contribution in [1.82, 2.24) is 0 Å². The number of aliphatic hydroxyl groups is 3. The van der Waals surface area contributed by atoms with Gasteiger partial charge >= 0.3 is 0 Å². The van der Waals surface area contributed by atoms with E-state index in [0.29, 0.717) is 24.1 Å². The van der Waals surface area contributed by atoms with E-state index in [2.05, 4.69) is 4.18 Å². The van der Waals surface area contributed by atoms with Crippen LogP contribution in [0.1, 0.15) is 34.6 Å². The minimum absolute atomic E-state index is 0.0914. The summed E-state index contributed by atoms with van der Waals surface area (Å²) in [7, 11) is -4.42. The molecule has 0 heterocycles. The highest BCUT2D eigenvalue weighted by molar-refractivity contribution is 7.80. The summed E-state index contributed by atoms with van der Waals surface area (Å²) >= 11 is 0. The van der Waals surface area contributed by atoms with Crippen LogP contribution in [0.5, 0.6) is 0 Å². The number of nitrogens with zero attached hydrogens (tertiary/aromatic N) is 1. The number of hydrogen-bond donors (Lipinski definition) is 3. The highest BCUT2D eigenvalue weighted by Gasteiger charge is 2.30. The van der Waals surface area contributed by atoms with E-state index in [-0.39, 0.29) is 6.61 Å². The largest absolute Gasteiger partial charge is 0.726 e. The van der Waals surface area contributed by atoms with Gasteiger partial charge in [0.25, 0.3) is 0 Å². The molecular formula is C13H31NO7S. The Morgan fingerprint density at radius 2 is 1.27 bits per heavy atom. The van der Waals surface area contributed by atoms with Gasteiger partial charge in [-0.15, -0.1) is 0 Å². The molecule has 136 valence electrons.